The van der Waals surface area contributed by atoms with Crippen LogP contribution in [0.2, 0.25) is 0 Å². The summed E-state index contributed by atoms with van der Waals surface area (Å²) in [6, 6.07) is 0. The van der Waals surface area contributed by atoms with Crippen LogP contribution in [-0.4, -0.2) is 16.7 Å². The molecule has 0 aliphatic rings. The smallest absolute Gasteiger partial charge is 0.115 e. The van der Waals surface area contributed by atoms with E-state index < -0.39 is 0 Å². The molecule has 0 unspecified atom stereocenters. The summed E-state index contributed by atoms with van der Waals surface area (Å²) >= 11 is 0. The summed E-state index contributed by atoms with van der Waals surface area (Å²) in [7, 11) is 0. The fourth-order valence-electron chi connectivity index (χ4n) is 1.15. The molecule has 0 aliphatic heterocycles. The first-order valence-corrected chi connectivity index (χ1v) is 4.35. The molecule has 3 heteroatoms. The van der Waals surface area contributed by atoms with Crippen molar-refractivity contribution in [2.24, 2.45) is 4.99 Å². The quantitative estimate of drug-likeness (QED) is 0.538. The molecule has 0 atom stereocenters. The standard InChI is InChI=1S/C11H13N3/c1-4-5-10(6-12-3)11-7-13-8-14-9(11)2/h4-8H,3H2,1-2H3/b5-4-,10-6+. The van der Waals surface area contributed by atoms with Crippen molar-refractivity contribution in [2.45, 2.75) is 13.8 Å². The maximum atomic E-state index is 4.12. The number of aromatic nitrogens is 2. The topological polar surface area (TPSA) is 38.1 Å². The highest BCUT2D eigenvalue weighted by molar-refractivity contribution is 5.74. The lowest BCUT2D eigenvalue weighted by molar-refractivity contribution is 1.09. The third-order valence-corrected chi connectivity index (χ3v) is 1.80. The highest BCUT2D eigenvalue weighted by atomic mass is 14.8. The molecule has 1 rings (SSSR count). The fourth-order valence-corrected chi connectivity index (χ4v) is 1.15. The Morgan fingerprint density at radius 3 is 2.93 bits per heavy atom. The summed E-state index contributed by atoms with van der Waals surface area (Å²) in [4.78, 5) is 11.9. The van der Waals surface area contributed by atoms with Crippen LogP contribution in [0.1, 0.15) is 18.2 Å². The third-order valence-electron chi connectivity index (χ3n) is 1.80. The molecule has 0 radical (unpaired) electrons. The van der Waals surface area contributed by atoms with E-state index in [1.807, 2.05) is 26.0 Å². The second-order valence-electron chi connectivity index (χ2n) is 2.79. The minimum atomic E-state index is 0.938. The molecule has 0 amide bonds. The summed E-state index contributed by atoms with van der Waals surface area (Å²) in [6.45, 7) is 7.33. The number of allylic oxidation sites excluding steroid dienone is 3. The molecule has 0 N–H and O–H groups in total. The highest BCUT2D eigenvalue weighted by Crippen LogP contribution is 2.17. The van der Waals surface area contributed by atoms with Crippen molar-refractivity contribution in [3.8, 4) is 0 Å². The van der Waals surface area contributed by atoms with Crippen molar-refractivity contribution in [3.63, 3.8) is 0 Å². The largest absolute Gasteiger partial charge is 0.272 e. The van der Waals surface area contributed by atoms with Crippen molar-refractivity contribution < 1.29 is 0 Å². The maximum absolute atomic E-state index is 4.12. The van der Waals surface area contributed by atoms with Crippen LogP contribution >= 0.6 is 0 Å². The first-order chi connectivity index (χ1) is 6.79. The van der Waals surface area contributed by atoms with Gasteiger partial charge >= 0.3 is 0 Å². The zero-order chi connectivity index (χ0) is 10.4. The van der Waals surface area contributed by atoms with Gasteiger partial charge in [-0.05, 0) is 20.6 Å². The van der Waals surface area contributed by atoms with Gasteiger partial charge in [-0.2, -0.15) is 0 Å². The van der Waals surface area contributed by atoms with Crippen LogP contribution in [0.25, 0.3) is 5.57 Å². The van der Waals surface area contributed by atoms with E-state index in [4.69, 9.17) is 0 Å². The van der Waals surface area contributed by atoms with Crippen LogP contribution in [0.3, 0.4) is 0 Å². The molecular formula is C11H13N3. The van der Waals surface area contributed by atoms with Gasteiger partial charge in [0.05, 0.1) is 0 Å². The van der Waals surface area contributed by atoms with Gasteiger partial charge in [0.25, 0.3) is 0 Å². The van der Waals surface area contributed by atoms with Gasteiger partial charge < -0.3 is 0 Å². The minimum Gasteiger partial charge on any atom is -0.272 e. The summed E-state index contributed by atoms with van der Waals surface area (Å²) in [5.41, 5.74) is 2.90. The van der Waals surface area contributed by atoms with Crippen LogP contribution in [0.4, 0.5) is 0 Å². The van der Waals surface area contributed by atoms with E-state index in [-0.39, 0.29) is 0 Å². The predicted molar refractivity (Wildman–Crippen MR) is 59.1 cm³/mol. The van der Waals surface area contributed by atoms with Gasteiger partial charge in [-0.1, -0.05) is 12.2 Å². The van der Waals surface area contributed by atoms with Crippen molar-refractivity contribution in [2.75, 3.05) is 0 Å². The minimum absolute atomic E-state index is 0.938. The number of aryl methyl sites for hydroxylation is 1. The fraction of sp³-hybridized carbons (Fsp3) is 0.182. The summed E-state index contributed by atoms with van der Waals surface area (Å²) in [5.74, 6) is 0. The third kappa shape index (κ3) is 2.36. The monoisotopic (exact) mass is 187 g/mol. The number of nitrogens with zero attached hydrogens (tertiary/aromatic N) is 3. The summed E-state index contributed by atoms with van der Waals surface area (Å²) < 4.78 is 0. The predicted octanol–water partition coefficient (Wildman–Crippen LogP) is 2.40. The van der Waals surface area contributed by atoms with Crippen LogP contribution < -0.4 is 0 Å². The second-order valence-corrected chi connectivity index (χ2v) is 2.79. The Bertz CT molecular complexity index is 378. The lowest BCUT2D eigenvalue weighted by Crippen LogP contribution is -1.91. The van der Waals surface area contributed by atoms with E-state index in [0.29, 0.717) is 0 Å². The number of aliphatic imine (C=N–C) groups is 1. The molecule has 0 aliphatic carbocycles. The Hall–Kier alpha value is -1.77. The van der Waals surface area contributed by atoms with E-state index in [0.717, 1.165) is 16.8 Å². The Kier molecular flexibility index (Phi) is 3.73. The van der Waals surface area contributed by atoms with E-state index in [2.05, 4.69) is 21.7 Å². The van der Waals surface area contributed by atoms with Gasteiger partial charge in [-0.25, -0.2) is 9.97 Å². The molecule has 0 saturated heterocycles. The van der Waals surface area contributed by atoms with Crippen molar-refractivity contribution in [3.05, 3.63) is 42.1 Å². The lowest BCUT2D eigenvalue weighted by atomic mass is 10.1. The van der Waals surface area contributed by atoms with Gasteiger partial charge in [0.15, 0.2) is 0 Å². The van der Waals surface area contributed by atoms with Gasteiger partial charge in [0.2, 0.25) is 0 Å². The molecule has 1 heterocycles. The average Bonchev–Trinajstić information content (AvgIpc) is 2.18. The molecule has 72 valence electrons. The molecule has 0 spiro atoms. The number of hydrogen-bond acceptors (Lipinski definition) is 3. The Morgan fingerprint density at radius 2 is 2.36 bits per heavy atom. The normalized spacial score (nSPS) is 12.0. The molecule has 0 saturated carbocycles. The van der Waals surface area contributed by atoms with E-state index in [1.165, 1.54) is 6.33 Å². The second kappa shape index (κ2) is 5.07. The van der Waals surface area contributed by atoms with Gasteiger partial charge in [-0.3, -0.25) is 4.99 Å². The zero-order valence-electron chi connectivity index (χ0n) is 8.44. The maximum Gasteiger partial charge on any atom is 0.115 e. The SMILES string of the molecule is C=N/C=C(\C=C/C)c1cncnc1C. The average molecular weight is 187 g/mol. The van der Waals surface area contributed by atoms with Gasteiger partial charge in [0, 0.05) is 29.2 Å². The lowest BCUT2D eigenvalue weighted by Gasteiger charge is -2.03. The Balaban J connectivity index is 3.18. The Morgan fingerprint density at radius 1 is 1.57 bits per heavy atom. The van der Waals surface area contributed by atoms with Crippen LogP contribution in [0, 0.1) is 6.92 Å². The molecule has 0 aromatic carbocycles. The summed E-state index contributed by atoms with van der Waals surface area (Å²) in [6.07, 6.45) is 8.92. The highest BCUT2D eigenvalue weighted by Gasteiger charge is 2.01. The molecule has 0 bridgehead atoms. The zero-order valence-corrected chi connectivity index (χ0v) is 8.44. The van der Waals surface area contributed by atoms with Crippen LogP contribution in [0.15, 0.2) is 35.9 Å². The van der Waals surface area contributed by atoms with Crippen LogP contribution in [0.5, 0.6) is 0 Å². The molecular weight excluding hydrogens is 174 g/mol. The van der Waals surface area contributed by atoms with Crippen molar-refractivity contribution in [1.29, 1.82) is 0 Å². The first kappa shape index (κ1) is 10.3. The first-order valence-electron chi connectivity index (χ1n) is 4.35. The van der Waals surface area contributed by atoms with E-state index >= 15 is 0 Å². The molecule has 3 nitrogen and oxygen atoms in total. The van der Waals surface area contributed by atoms with Crippen LogP contribution in [-0.2, 0) is 0 Å². The Labute approximate surface area is 83.9 Å². The van der Waals surface area contributed by atoms with Crippen molar-refractivity contribution in [1.82, 2.24) is 9.97 Å². The van der Waals surface area contributed by atoms with Gasteiger partial charge in [-0.15, -0.1) is 0 Å². The molecule has 1 aromatic rings. The number of hydrogen-bond donors (Lipinski definition) is 0. The summed E-state index contributed by atoms with van der Waals surface area (Å²) in [5, 5.41) is 0. The van der Waals surface area contributed by atoms with E-state index in [1.54, 1.807) is 12.4 Å². The van der Waals surface area contributed by atoms with E-state index in [9.17, 15) is 0 Å². The number of rotatable bonds is 3. The van der Waals surface area contributed by atoms with Crippen molar-refractivity contribution >= 4 is 12.3 Å². The molecule has 14 heavy (non-hydrogen) atoms. The van der Waals surface area contributed by atoms with Gasteiger partial charge in [0.1, 0.15) is 6.33 Å². The molecule has 0 fully saturated rings. The molecule has 1 aromatic heterocycles.